The zero-order valence-corrected chi connectivity index (χ0v) is 86.8. The molecule has 5 unspecified atom stereocenters. The number of furan rings is 5. The first-order chi connectivity index (χ1) is 72.3. The van der Waals surface area contributed by atoms with Gasteiger partial charge in [-0.3, -0.25) is 14.7 Å². The van der Waals surface area contributed by atoms with Gasteiger partial charge in [-0.2, -0.15) is 0 Å². The van der Waals surface area contributed by atoms with E-state index in [1.54, 1.807) is 24.8 Å². The Bertz CT molecular complexity index is 8460. The quantitative estimate of drug-likeness (QED) is 0.124. The monoisotopic (exact) mass is 1960 g/mol. The summed E-state index contributed by atoms with van der Waals surface area (Å²) < 4.78 is 31.7. The number of nitrogens with zero attached hydrogens (tertiary/aromatic N) is 21. The molecule has 149 heavy (non-hydrogen) atoms. The van der Waals surface area contributed by atoms with Crippen molar-refractivity contribution in [3.63, 3.8) is 0 Å². The van der Waals surface area contributed by atoms with Crippen LogP contribution in [0.3, 0.4) is 0 Å². The molecule has 0 saturated carbocycles. The van der Waals surface area contributed by atoms with E-state index in [2.05, 4.69) is 380 Å². The molecule has 740 valence electrons. The standard InChI is InChI=1S/C27H23N3O.C26H22N4O.C25H21N5O.C23H24N4O.C22H23N5O/c1-17-13-15-21-22-16-14-18(2)28-27(22)31-26(21)25(17)30-19(3)29(20-9-5-4-6-10-20)23-11-7-8-12-24(23)30;1-16-11-13-20-21-14-12-17(2)28-26(21)31-24(20)23(16)30-18(3)29(19-8-5-4-6-9-19)22-10-7-15-27-25(22)30;1-15-9-11-19-20-12-10-16(2)28-25(20)31-22(19)21(15)30-17(3)29(18-7-5-4-6-8-18)23-24(30)27-14-13-26-23;1-13(2)26-16(5)27(19-7-6-12-24-22(19)26)20-14(3)8-10-17-18-11-9-15(4)25-23(18)28-21(17)20;1-12(2)26-15(5)27(21-20(26)23-10-11-24-21)18-13(3)6-8-16-17-9-7-14(4)25-22(17)28-19(16)18/h4-16,19H,1-3H3;4-15,18H,1-3H3;4-14,17H,1-3H3;6-13,16H,1-5H3;6-12,15H,1-5H3. The molecule has 9 aromatic carbocycles. The Hall–Kier alpha value is -17.8. The molecule has 0 fully saturated rings. The molecule has 26 nitrogen and oxygen atoms in total. The van der Waals surface area contributed by atoms with Gasteiger partial charge in [0.15, 0.2) is 62.8 Å². The predicted molar refractivity (Wildman–Crippen MR) is 603 cm³/mol. The van der Waals surface area contributed by atoms with Gasteiger partial charge in [-0.05, 0) is 293 Å². The highest BCUT2D eigenvalue weighted by Gasteiger charge is 2.46. The molecule has 0 N–H and O–H groups in total. The number of aryl methyl sites for hydroxylation is 10. The molecular formula is C123H113N21O5. The highest BCUT2D eigenvalue weighted by atomic mass is 16.4. The number of benzene rings is 9. The lowest BCUT2D eigenvalue weighted by molar-refractivity contribution is 0.597. The molecule has 14 aromatic heterocycles. The summed E-state index contributed by atoms with van der Waals surface area (Å²) >= 11 is 0. The fourth-order valence-corrected chi connectivity index (χ4v) is 22.9. The first kappa shape index (κ1) is 93.5. The van der Waals surface area contributed by atoms with Gasteiger partial charge in [0, 0.05) is 149 Å². The Morgan fingerprint density at radius 2 is 0.436 bits per heavy atom. The van der Waals surface area contributed by atoms with Crippen LogP contribution < -0.4 is 49.0 Å². The van der Waals surface area contributed by atoms with E-state index in [0.717, 1.165) is 213 Å². The van der Waals surface area contributed by atoms with Crippen LogP contribution in [0.2, 0.25) is 0 Å². The Morgan fingerprint density at radius 3 is 0.799 bits per heavy atom. The molecule has 19 heterocycles. The number of pyridine rings is 7. The van der Waals surface area contributed by atoms with Crippen molar-refractivity contribution in [3.05, 3.63) is 354 Å². The van der Waals surface area contributed by atoms with Gasteiger partial charge in [0.2, 0.25) is 28.6 Å². The minimum Gasteiger partial charge on any atom is -0.435 e. The van der Waals surface area contributed by atoms with E-state index in [-0.39, 0.29) is 30.8 Å². The number of para-hydroxylation sites is 5. The van der Waals surface area contributed by atoms with E-state index in [9.17, 15) is 0 Å². The van der Waals surface area contributed by atoms with Gasteiger partial charge in [0.25, 0.3) is 0 Å². The van der Waals surface area contributed by atoms with E-state index in [1.807, 2.05) is 114 Å². The third-order valence-electron chi connectivity index (χ3n) is 29.5. The number of hydrogen-bond donors (Lipinski definition) is 0. The molecule has 23 aromatic rings. The third kappa shape index (κ3) is 15.5. The summed E-state index contributed by atoms with van der Waals surface area (Å²) in [6.07, 6.45) is 11.0. The molecule has 26 heteroatoms. The van der Waals surface area contributed by atoms with E-state index >= 15 is 0 Å². The Kier molecular flexibility index (Phi) is 23.3. The molecule has 0 radical (unpaired) electrons. The number of aromatic nitrogens is 11. The van der Waals surface area contributed by atoms with E-state index in [4.69, 9.17) is 37.0 Å². The van der Waals surface area contributed by atoms with Crippen molar-refractivity contribution in [3.8, 4) is 0 Å². The lowest BCUT2D eigenvalue weighted by Crippen LogP contribution is -2.42. The maximum Gasteiger partial charge on any atom is 0.227 e. The van der Waals surface area contributed by atoms with Gasteiger partial charge >= 0.3 is 0 Å². The molecule has 5 atom stereocenters. The minimum absolute atomic E-state index is 0.0273. The van der Waals surface area contributed by atoms with Crippen LogP contribution in [0.15, 0.2) is 320 Å². The van der Waals surface area contributed by atoms with Gasteiger partial charge in [-0.1, -0.05) is 127 Å². The van der Waals surface area contributed by atoms with Crippen LogP contribution >= 0.6 is 0 Å². The molecule has 0 bridgehead atoms. The molecule has 0 amide bonds. The molecule has 5 aliphatic heterocycles. The normalized spacial score (nSPS) is 16.1. The van der Waals surface area contributed by atoms with Crippen LogP contribution in [0.25, 0.3) is 110 Å². The van der Waals surface area contributed by atoms with Crippen molar-refractivity contribution in [2.75, 3.05) is 49.0 Å². The summed E-state index contributed by atoms with van der Waals surface area (Å²) in [5.74, 6) is 5.38. The third-order valence-corrected chi connectivity index (χ3v) is 29.5. The van der Waals surface area contributed by atoms with E-state index < -0.39 is 0 Å². The fraction of sp³-hybridized carbons (Fsp3) is 0.211. The van der Waals surface area contributed by atoms with Crippen molar-refractivity contribution < 1.29 is 22.1 Å². The van der Waals surface area contributed by atoms with Crippen LogP contribution in [0.4, 0.5) is 103 Å². The Morgan fingerprint density at radius 1 is 0.201 bits per heavy atom. The molecular weight excluding hydrogens is 1850 g/mol. The number of anilines is 18. The summed E-state index contributed by atoms with van der Waals surface area (Å²) in [6.45, 7) is 40.4. The molecule has 0 aliphatic carbocycles. The molecule has 0 spiro atoms. The summed E-state index contributed by atoms with van der Waals surface area (Å²) in [5, 5.41) is 10.6. The second-order valence-corrected chi connectivity index (χ2v) is 39.8. The SMILES string of the molecule is Cc1ccc2c(n1)oc1c(N3c4ccccc4N(c4ccccc4)C3C)c(C)ccc12.Cc1ccc2c(n1)oc1c(N3c4cccnc4N(C(C)C)C3C)c(C)ccc12.Cc1ccc2c(n1)oc1c(N3c4ncccc4N(c4ccccc4)C3C)c(C)ccc12.Cc1ccc2c(n1)oc1c(N3c4nccnc4N(C(C)C)C3C)c(C)ccc12.Cc1ccc2c(n1)oc1c(N3c4nccnc4N(c4ccccc4)C3C)c(C)ccc12. The van der Waals surface area contributed by atoms with Gasteiger partial charge in [0.1, 0.15) is 30.8 Å². The van der Waals surface area contributed by atoms with Gasteiger partial charge in [-0.15, -0.1) is 0 Å². The number of fused-ring (bicyclic) bond motifs is 20. The Balaban J connectivity index is 0.0000000994. The largest absolute Gasteiger partial charge is 0.435 e. The fourth-order valence-electron chi connectivity index (χ4n) is 22.9. The summed E-state index contributed by atoms with van der Waals surface area (Å²) in [6, 6.07) is 90.9. The van der Waals surface area contributed by atoms with Crippen molar-refractivity contribution in [2.45, 2.75) is 174 Å². The van der Waals surface area contributed by atoms with Crippen molar-refractivity contribution in [1.82, 2.24) is 54.8 Å². The molecule has 28 rings (SSSR count). The number of rotatable bonds is 10. The number of hydrogen-bond acceptors (Lipinski definition) is 26. The zero-order valence-electron chi connectivity index (χ0n) is 86.8. The van der Waals surface area contributed by atoms with Gasteiger partial charge in [0.05, 0.1) is 51.2 Å². The highest BCUT2D eigenvalue weighted by molar-refractivity contribution is 6.15. The van der Waals surface area contributed by atoms with Gasteiger partial charge < -0.3 is 56.4 Å². The summed E-state index contributed by atoms with van der Waals surface area (Å²) in [4.78, 5) is 74.4. The average Bonchev–Trinajstić information content (AvgIpc) is 1.59. The van der Waals surface area contributed by atoms with Crippen molar-refractivity contribution >= 4 is 214 Å². The lowest BCUT2D eigenvalue weighted by Gasteiger charge is -2.33. The first-order valence-electron chi connectivity index (χ1n) is 51.0. The van der Waals surface area contributed by atoms with Crippen molar-refractivity contribution in [1.29, 1.82) is 0 Å². The lowest BCUT2D eigenvalue weighted by atomic mass is 10.1. The Labute approximate surface area is 862 Å². The van der Waals surface area contributed by atoms with Crippen LogP contribution in [0.1, 0.15) is 119 Å². The second kappa shape index (κ2) is 37.0. The predicted octanol–water partition coefficient (Wildman–Crippen LogP) is 30.7. The van der Waals surface area contributed by atoms with Crippen LogP contribution in [-0.4, -0.2) is 97.7 Å². The van der Waals surface area contributed by atoms with Gasteiger partial charge in [-0.25, -0.2) is 54.8 Å². The van der Waals surface area contributed by atoms with Crippen LogP contribution in [0.5, 0.6) is 0 Å². The van der Waals surface area contributed by atoms with E-state index in [0.29, 0.717) is 40.7 Å². The smallest absolute Gasteiger partial charge is 0.227 e. The highest BCUT2D eigenvalue weighted by Crippen LogP contribution is 2.57. The van der Waals surface area contributed by atoms with Crippen LogP contribution in [0, 0.1) is 69.2 Å². The summed E-state index contributed by atoms with van der Waals surface area (Å²) in [5.41, 5.74) is 31.4. The maximum absolute atomic E-state index is 6.39. The minimum atomic E-state index is -0.0352. The summed E-state index contributed by atoms with van der Waals surface area (Å²) in [7, 11) is 0. The molecule has 5 aliphatic rings. The zero-order chi connectivity index (χ0) is 102. The van der Waals surface area contributed by atoms with Crippen LogP contribution in [-0.2, 0) is 0 Å². The molecule has 0 saturated heterocycles. The van der Waals surface area contributed by atoms with Crippen molar-refractivity contribution in [2.24, 2.45) is 0 Å². The maximum atomic E-state index is 6.39. The first-order valence-corrected chi connectivity index (χ1v) is 51.0. The topological polar surface area (TPSA) is 240 Å². The average molecular weight is 1970 g/mol. The second-order valence-electron chi connectivity index (χ2n) is 39.8. The van der Waals surface area contributed by atoms with E-state index in [1.165, 1.54) is 28.2 Å².